The van der Waals surface area contributed by atoms with Crippen LogP contribution in [0.3, 0.4) is 0 Å². The monoisotopic (exact) mass is 549 g/mol. The van der Waals surface area contributed by atoms with E-state index in [9.17, 15) is 10.1 Å². The average molecular weight is 550 g/mol. The maximum Gasteiger partial charge on any atom is 0.264 e. The van der Waals surface area contributed by atoms with E-state index in [-0.39, 0.29) is 31.4 Å². The van der Waals surface area contributed by atoms with Crippen LogP contribution >= 0.6 is 0 Å². The lowest BCUT2D eigenvalue weighted by atomic mass is 9.99. The molecule has 3 aromatic rings. The Balaban J connectivity index is 1.39. The lowest BCUT2D eigenvalue weighted by Gasteiger charge is -2.32. The highest BCUT2D eigenvalue weighted by Gasteiger charge is 2.60. The molecule has 2 aliphatic rings. The third-order valence-corrected chi connectivity index (χ3v) is 6.97. The molecule has 0 radical (unpaired) electrons. The minimum Gasteiger partial charge on any atom is -0.370 e. The molecular weight excluding hydrogens is 514 g/mol. The van der Waals surface area contributed by atoms with Crippen LogP contribution in [0.15, 0.2) is 91.0 Å². The summed E-state index contributed by atoms with van der Waals surface area (Å²) in [4.78, 5) is 12.1. The molecule has 0 N–H and O–H groups in total. The fourth-order valence-electron chi connectivity index (χ4n) is 5.06. The van der Waals surface area contributed by atoms with Crippen molar-refractivity contribution >= 4 is 0 Å². The Morgan fingerprint density at radius 3 is 1.95 bits per heavy atom. The minimum absolute atomic E-state index is 0.155. The van der Waals surface area contributed by atoms with Crippen LogP contribution in [0.4, 0.5) is 0 Å². The third kappa shape index (κ3) is 7.11. The molecule has 6 atom stereocenters. The summed E-state index contributed by atoms with van der Waals surface area (Å²) in [6.45, 7) is 4.10. The standard InChI is InChI=1S/C31H35NO8/c1-31(2)39-29-27(37-20-24-16-10-5-11-17-24)28(38-30(29)40-31)26(36-19-23-14-8-4-9-15-23)25(32(33)34)21-35-18-22-12-6-3-7-13-22/h3-17,25-30H,18-21H2,1-2H3/t25-,26+,27-,28+,29+,30+/m0/s1. The van der Waals surface area contributed by atoms with E-state index in [0.29, 0.717) is 0 Å². The van der Waals surface area contributed by atoms with Gasteiger partial charge in [0.25, 0.3) is 6.04 Å². The predicted octanol–water partition coefficient (Wildman–Crippen LogP) is 4.90. The fourth-order valence-corrected chi connectivity index (χ4v) is 5.06. The summed E-state index contributed by atoms with van der Waals surface area (Å²) in [5.74, 6) is -0.879. The minimum atomic E-state index is -1.23. The molecule has 0 bridgehead atoms. The Bertz CT molecular complexity index is 1210. The number of fused-ring (bicyclic) bond motifs is 1. The third-order valence-electron chi connectivity index (χ3n) is 6.97. The molecule has 9 heteroatoms. The summed E-state index contributed by atoms with van der Waals surface area (Å²) < 4.78 is 37.0. The molecule has 2 aliphatic heterocycles. The molecule has 5 rings (SSSR count). The highest BCUT2D eigenvalue weighted by molar-refractivity contribution is 5.15. The summed E-state index contributed by atoms with van der Waals surface area (Å²) in [5.41, 5.74) is 2.76. The summed E-state index contributed by atoms with van der Waals surface area (Å²) in [6, 6.07) is 27.5. The van der Waals surface area contributed by atoms with Crippen molar-refractivity contribution in [2.45, 2.75) is 76.2 Å². The number of hydrogen-bond donors (Lipinski definition) is 0. The molecule has 0 unspecified atom stereocenters. The Labute approximate surface area is 234 Å². The van der Waals surface area contributed by atoms with E-state index in [2.05, 4.69) is 0 Å². The molecular formula is C31H35NO8. The van der Waals surface area contributed by atoms with Crippen molar-refractivity contribution in [1.82, 2.24) is 0 Å². The molecule has 2 fully saturated rings. The lowest BCUT2D eigenvalue weighted by molar-refractivity contribution is -0.544. The summed E-state index contributed by atoms with van der Waals surface area (Å²) >= 11 is 0. The zero-order valence-electron chi connectivity index (χ0n) is 22.7. The van der Waals surface area contributed by atoms with Gasteiger partial charge in [-0.15, -0.1) is 0 Å². The van der Waals surface area contributed by atoms with Gasteiger partial charge in [-0.25, -0.2) is 0 Å². The first-order valence-electron chi connectivity index (χ1n) is 13.5. The SMILES string of the molecule is CC1(C)O[C@H]2O[C@H]([C@H](OCc3ccccc3)[C@H](COCc3ccccc3)[N+](=O)[O-])[C@H](OCc3ccccc3)[C@H]2O1. The maximum atomic E-state index is 12.5. The van der Waals surface area contributed by atoms with Gasteiger partial charge in [0.1, 0.15) is 24.9 Å². The Morgan fingerprint density at radius 1 is 0.825 bits per heavy atom. The first-order valence-corrected chi connectivity index (χ1v) is 13.5. The van der Waals surface area contributed by atoms with Gasteiger partial charge in [0, 0.05) is 4.92 Å². The molecule has 2 saturated heterocycles. The van der Waals surface area contributed by atoms with Gasteiger partial charge in [0.2, 0.25) is 0 Å². The molecule has 2 heterocycles. The van der Waals surface area contributed by atoms with Crippen LogP contribution in [0, 0.1) is 10.1 Å². The number of rotatable bonds is 13. The van der Waals surface area contributed by atoms with Crippen LogP contribution in [-0.4, -0.2) is 54.1 Å². The zero-order chi connectivity index (χ0) is 28.0. The average Bonchev–Trinajstić information content (AvgIpc) is 3.44. The largest absolute Gasteiger partial charge is 0.370 e. The molecule has 9 nitrogen and oxygen atoms in total. The molecule has 3 aromatic carbocycles. The van der Waals surface area contributed by atoms with E-state index in [1.807, 2.05) is 91.0 Å². The Kier molecular flexibility index (Phi) is 9.21. The molecule has 212 valence electrons. The van der Waals surface area contributed by atoms with Crippen molar-refractivity contribution in [3.05, 3.63) is 118 Å². The quantitative estimate of drug-likeness (QED) is 0.219. The van der Waals surface area contributed by atoms with E-state index in [1.54, 1.807) is 13.8 Å². The molecule has 40 heavy (non-hydrogen) atoms. The topological polar surface area (TPSA) is 98.5 Å². The smallest absolute Gasteiger partial charge is 0.264 e. The van der Waals surface area contributed by atoms with Gasteiger partial charge in [-0.3, -0.25) is 10.1 Å². The van der Waals surface area contributed by atoms with Gasteiger partial charge in [-0.1, -0.05) is 91.0 Å². The Morgan fingerprint density at radius 2 is 1.38 bits per heavy atom. The van der Waals surface area contributed by atoms with Crippen molar-refractivity contribution in [2.24, 2.45) is 0 Å². The first-order chi connectivity index (χ1) is 19.4. The van der Waals surface area contributed by atoms with Gasteiger partial charge >= 0.3 is 0 Å². The van der Waals surface area contributed by atoms with E-state index in [1.165, 1.54) is 0 Å². The van der Waals surface area contributed by atoms with Crippen LogP contribution in [-0.2, 0) is 48.2 Å². The number of benzene rings is 3. The number of nitro groups is 1. The molecule has 0 aromatic heterocycles. The van der Waals surface area contributed by atoms with Gasteiger partial charge in [-0.05, 0) is 30.5 Å². The fraction of sp³-hybridized carbons (Fsp3) is 0.419. The van der Waals surface area contributed by atoms with E-state index >= 15 is 0 Å². The normalized spacial score (nSPS) is 24.9. The highest BCUT2D eigenvalue weighted by Crippen LogP contribution is 2.41. The van der Waals surface area contributed by atoms with Crippen LogP contribution in [0.5, 0.6) is 0 Å². The number of hydrogen-bond acceptors (Lipinski definition) is 8. The van der Waals surface area contributed by atoms with Crippen molar-refractivity contribution in [3.8, 4) is 0 Å². The van der Waals surface area contributed by atoms with Crippen LogP contribution in [0.25, 0.3) is 0 Å². The van der Waals surface area contributed by atoms with Crippen molar-refractivity contribution in [2.75, 3.05) is 6.61 Å². The van der Waals surface area contributed by atoms with Gasteiger partial charge < -0.3 is 28.4 Å². The van der Waals surface area contributed by atoms with Gasteiger partial charge in [-0.2, -0.15) is 0 Å². The second-order valence-electron chi connectivity index (χ2n) is 10.4. The summed E-state index contributed by atoms with van der Waals surface area (Å²) in [6.07, 6.45) is -3.85. The second kappa shape index (κ2) is 13.0. The van der Waals surface area contributed by atoms with Crippen molar-refractivity contribution in [1.29, 1.82) is 0 Å². The zero-order valence-corrected chi connectivity index (χ0v) is 22.7. The van der Waals surface area contributed by atoms with Crippen molar-refractivity contribution in [3.63, 3.8) is 0 Å². The Hall–Kier alpha value is -3.18. The van der Waals surface area contributed by atoms with E-state index in [4.69, 9.17) is 28.4 Å². The predicted molar refractivity (Wildman–Crippen MR) is 146 cm³/mol. The lowest BCUT2D eigenvalue weighted by Crippen LogP contribution is -2.52. The molecule has 0 aliphatic carbocycles. The summed E-state index contributed by atoms with van der Waals surface area (Å²) in [5, 5.41) is 12.5. The molecule has 0 saturated carbocycles. The van der Waals surface area contributed by atoms with E-state index in [0.717, 1.165) is 16.7 Å². The molecule has 0 spiro atoms. The first kappa shape index (κ1) is 28.4. The molecule has 0 amide bonds. The number of nitrogens with zero attached hydrogens (tertiary/aromatic N) is 1. The van der Waals surface area contributed by atoms with Gasteiger partial charge in [0.05, 0.1) is 19.8 Å². The van der Waals surface area contributed by atoms with Crippen LogP contribution in [0.1, 0.15) is 30.5 Å². The van der Waals surface area contributed by atoms with E-state index < -0.39 is 42.5 Å². The van der Waals surface area contributed by atoms with Crippen molar-refractivity contribution < 1.29 is 33.3 Å². The second-order valence-corrected chi connectivity index (χ2v) is 10.4. The van der Waals surface area contributed by atoms with Crippen LogP contribution < -0.4 is 0 Å². The highest BCUT2D eigenvalue weighted by atomic mass is 16.8. The summed E-state index contributed by atoms with van der Waals surface area (Å²) in [7, 11) is 0. The number of ether oxygens (including phenoxy) is 6. The maximum absolute atomic E-state index is 12.5. The van der Waals surface area contributed by atoms with Gasteiger partial charge in [0.15, 0.2) is 18.2 Å². The van der Waals surface area contributed by atoms with Crippen LogP contribution in [0.2, 0.25) is 0 Å².